The van der Waals surface area contributed by atoms with E-state index in [0.717, 1.165) is 17.7 Å². The lowest BCUT2D eigenvalue weighted by atomic mass is 10.1. The molecule has 2 amide bonds. The predicted molar refractivity (Wildman–Crippen MR) is 74.1 cm³/mol. The maximum Gasteiger partial charge on any atom is 0.234 e. The van der Waals surface area contributed by atoms with Gasteiger partial charge in [0.05, 0.1) is 0 Å². The number of nitrogens with one attached hydrogen (secondary N) is 3. The van der Waals surface area contributed by atoms with E-state index in [9.17, 15) is 9.59 Å². The van der Waals surface area contributed by atoms with Crippen LogP contribution in [-0.4, -0.2) is 17.9 Å². The van der Waals surface area contributed by atoms with Gasteiger partial charge in [-0.1, -0.05) is 24.3 Å². The second kappa shape index (κ2) is 6.15. The van der Waals surface area contributed by atoms with Crippen molar-refractivity contribution >= 4 is 23.6 Å². The molecule has 1 aliphatic heterocycles. The molecule has 0 aliphatic carbocycles. The summed E-state index contributed by atoms with van der Waals surface area (Å²) in [5.41, 5.74) is 7.38. The van der Waals surface area contributed by atoms with Crippen LogP contribution in [-0.2, 0) is 9.59 Å². The Morgan fingerprint density at radius 2 is 2.11 bits per heavy atom. The zero-order valence-electron chi connectivity index (χ0n) is 10.8. The minimum atomic E-state index is -0.0783. The highest BCUT2D eigenvalue weighted by Crippen LogP contribution is 2.12. The summed E-state index contributed by atoms with van der Waals surface area (Å²) in [6.07, 6.45) is 5.36. The van der Waals surface area contributed by atoms with E-state index in [0.29, 0.717) is 6.42 Å². The first-order chi connectivity index (χ1) is 9.13. The monoisotopic (exact) mass is 259 g/mol. The third-order valence-electron chi connectivity index (χ3n) is 2.83. The maximum atomic E-state index is 11.0. The molecule has 2 rings (SSSR count). The number of anilines is 1. The fourth-order valence-corrected chi connectivity index (χ4v) is 1.85. The highest BCUT2D eigenvalue weighted by atomic mass is 16.2. The summed E-state index contributed by atoms with van der Waals surface area (Å²) >= 11 is 0. The Kier molecular flexibility index (Phi) is 4.30. The molecule has 3 N–H and O–H groups in total. The molecule has 0 bridgehead atoms. The molecule has 1 aliphatic rings. The van der Waals surface area contributed by atoms with Crippen LogP contribution in [0.3, 0.4) is 0 Å². The van der Waals surface area contributed by atoms with E-state index in [1.165, 1.54) is 6.92 Å². The summed E-state index contributed by atoms with van der Waals surface area (Å²) in [5, 5.41) is 2.72. The van der Waals surface area contributed by atoms with Crippen LogP contribution in [0, 0.1) is 0 Å². The van der Waals surface area contributed by atoms with Gasteiger partial charge in [-0.15, -0.1) is 0 Å². The minimum absolute atomic E-state index is 0.0318. The van der Waals surface area contributed by atoms with Gasteiger partial charge in [0.1, 0.15) is 0 Å². The van der Waals surface area contributed by atoms with Crippen LogP contribution in [0.15, 0.2) is 30.3 Å². The van der Waals surface area contributed by atoms with Crippen LogP contribution in [0.5, 0.6) is 0 Å². The van der Waals surface area contributed by atoms with Crippen molar-refractivity contribution in [1.82, 2.24) is 10.9 Å². The molecule has 0 radical (unpaired) electrons. The largest absolute Gasteiger partial charge is 0.326 e. The van der Waals surface area contributed by atoms with Crippen LogP contribution in [0.2, 0.25) is 0 Å². The van der Waals surface area contributed by atoms with E-state index in [1.54, 1.807) is 0 Å². The smallest absolute Gasteiger partial charge is 0.234 e. The molecule has 0 saturated carbocycles. The van der Waals surface area contributed by atoms with Gasteiger partial charge < -0.3 is 5.32 Å². The standard InChI is InChI=1S/C14H17N3O2/c1-10(18)15-12-5-2-11(3-6-12)4-7-13-8-9-14(19)17-16-13/h2-7,13,16H,8-9H2,1H3,(H,15,18)(H,17,19)/b7-4+. The highest BCUT2D eigenvalue weighted by molar-refractivity contribution is 5.88. The SMILES string of the molecule is CC(=O)Nc1ccc(/C=C/C2CCC(=O)NN2)cc1. The highest BCUT2D eigenvalue weighted by Gasteiger charge is 2.14. The van der Waals surface area contributed by atoms with Gasteiger partial charge in [0.2, 0.25) is 11.8 Å². The second-order valence-electron chi connectivity index (χ2n) is 4.50. The van der Waals surface area contributed by atoms with Crippen LogP contribution < -0.4 is 16.2 Å². The lowest BCUT2D eigenvalue weighted by Crippen LogP contribution is -2.48. The molecule has 100 valence electrons. The maximum absolute atomic E-state index is 11.0. The number of carbonyl (C=O) groups is 2. The molecule has 19 heavy (non-hydrogen) atoms. The van der Waals surface area contributed by atoms with Gasteiger partial charge in [-0.05, 0) is 24.1 Å². The molecule has 1 heterocycles. The average molecular weight is 259 g/mol. The van der Waals surface area contributed by atoms with E-state index < -0.39 is 0 Å². The first-order valence-corrected chi connectivity index (χ1v) is 6.24. The zero-order valence-corrected chi connectivity index (χ0v) is 10.8. The molecule has 5 nitrogen and oxygen atoms in total. The van der Waals surface area contributed by atoms with Crippen molar-refractivity contribution in [3.8, 4) is 0 Å². The molecule has 5 heteroatoms. The fourth-order valence-electron chi connectivity index (χ4n) is 1.85. The minimum Gasteiger partial charge on any atom is -0.326 e. The van der Waals surface area contributed by atoms with E-state index >= 15 is 0 Å². The molecular weight excluding hydrogens is 242 g/mol. The summed E-state index contributed by atoms with van der Waals surface area (Å²) in [5.74, 6) is -0.0465. The number of benzene rings is 1. The topological polar surface area (TPSA) is 70.2 Å². The summed E-state index contributed by atoms with van der Waals surface area (Å²) < 4.78 is 0. The van der Waals surface area contributed by atoms with Crippen LogP contribution in [0.4, 0.5) is 5.69 Å². The molecule has 0 aromatic heterocycles. The first kappa shape index (κ1) is 13.3. The molecule has 1 aromatic carbocycles. The van der Waals surface area contributed by atoms with Crippen molar-refractivity contribution in [3.63, 3.8) is 0 Å². The van der Waals surface area contributed by atoms with Crippen molar-refractivity contribution in [1.29, 1.82) is 0 Å². The van der Waals surface area contributed by atoms with Crippen molar-refractivity contribution in [2.45, 2.75) is 25.8 Å². The molecule has 1 saturated heterocycles. The molecule has 1 atom stereocenters. The quantitative estimate of drug-likeness (QED) is 0.769. The normalized spacial score (nSPS) is 19.2. The predicted octanol–water partition coefficient (Wildman–Crippen LogP) is 1.44. The fraction of sp³-hybridized carbons (Fsp3) is 0.286. The van der Waals surface area contributed by atoms with E-state index in [1.807, 2.05) is 36.4 Å². The lowest BCUT2D eigenvalue weighted by molar-refractivity contribution is -0.123. The Bertz CT molecular complexity index is 484. The molecule has 0 spiro atoms. The van der Waals surface area contributed by atoms with E-state index in [2.05, 4.69) is 16.2 Å². The van der Waals surface area contributed by atoms with Crippen molar-refractivity contribution in [3.05, 3.63) is 35.9 Å². The van der Waals surface area contributed by atoms with Gasteiger partial charge in [0.15, 0.2) is 0 Å². The number of hydrazine groups is 1. The van der Waals surface area contributed by atoms with Gasteiger partial charge in [0.25, 0.3) is 0 Å². The van der Waals surface area contributed by atoms with E-state index in [4.69, 9.17) is 0 Å². The average Bonchev–Trinajstić information content (AvgIpc) is 2.39. The van der Waals surface area contributed by atoms with Crippen molar-refractivity contribution in [2.24, 2.45) is 0 Å². The van der Waals surface area contributed by atoms with Gasteiger partial charge in [-0.25, -0.2) is 5.43 Å². The Labute approximate surface area is 112 Å². The third-order valence-corrected chi connectivity index (χ3v) is 2.83. The van der Waals surface area contributed by atoms with Crippen molar-refractivity contribution in [2.75, 3.05) is 5.32 Å². The second-order valence-corrected chi connectivity index (χ2v) is 4.50. The Morgan fingerprint density at radius 1 is 1.37 bits per heavy atom. The van der Waals surface area contributed by atoms with Gasteiger partial charge in [-0.3, -0.25) is 15.0 Å². The Balaban J connectivity index is 1.91. The molecule has 1 fully saturated rings. The van der Waals surface area contributed by atoms with E-state index in [-0.39, 0.29) is 17.9 Å². The summed E-state index contributed by atoms with van der Waals surface area (Å²) in [7, 11) is 0. The van der Waals surface area contributed by atoms with Crippen molar-refractivity contribution < 1.29 is 9.59 Å². The van der Waals surface area contributed by atoms with Crippen LogP contribution in [0.25, 0.3) is 6.08 Å². The molecule has 1 aromatic rings. The lowest BCUT2D eigenvalue weighted by Gasteiger charge is -2.20. The molecule has 1 unspecified atom stereocenters. The number of rotatable bonds is 3. The Morgan fingerprint density at radius 3 is 2.68 bits per heavy atom. The van der Waals surface area contributed by atoms with Crippen LogP contribution in [0.1, 0.15) is 25.3 Å². The molecular formula is C14H17N3O2. The number of carbonyl (C=O) groups excluding carboxylic acids is 2. The number of amides is 2. The Hall–Kier alpha value is -2.14. The zero-order chi connectivity index (χ0) is 13.7. The summed E-state index contributed by atoms with van der Waals surface area (Å²) in [4.78, 5) is 21.9. The number of hydrogen-bond acceptors (Lipinski definition) is 3. The summed E-state index contributed by atoms with van der Waals surface area (Å²) in [6.45, 7) is 1.48. The van der Waals surface area contributed by atoms with Gasteiger partial charge in [-0.2, -0.15) is 0 Å². The first-order valence-electron chi connectivity index (χ1n) is 6.24. The van der Waals surface area contributed by atoms with Gasteiger partial charge in [0, 0.05) is 25.1 Å². The number of hydrogen-bond donors (Lipinski definition) is 3. The van der Waals surface area contributed by atoms with Gasteiger partial charge >= 0.3 is 0 Å². The third kappa shape index (κ3) is 4.22. The summed E-state index contributed by atoms with van der Waals surface area (Å²) in [6, 6.07) is 7.74. The van der Waals surface area contributed by atoms with Crippen LogP contribution >= 0.6 is 0 Å².